The first kappa shape index (κ1) is 20.1. The summed E-state index contributed by atoms with van der Waals surface area (Å²) in [6, 6.07) is 1.89. The topological polar surface area (TPSA) is 75.6 Å². The predicted molar refractivity (Wildman–Crippen MR) is 91.9 cm³/mol. The Morgan fingerprint density at radius 2 is 1.85 bits per heavy atom. The summed E-state index contributed by atoms with van der Waals surface area (Å²) in [5, 5.41) is 12.0. The Morgan fingerprint density at radius 3 is 2.35 bits per heavy atom. The molecule has 144 valence electrons. The molecule has 2 N–H and O–H groups in total. The number of rotatable bonds is 6. The average Bonchev–Trinajstić information content (AvgIpc) is 3.10. The first-order valence-corrected chi connectivity index (χ1v) is 8.64. The fourth-order valence-corrected chi connectivity index (χ4v) is 3.26. The number of aliphatic carboxylic acids is 1. The van der Waals surface area contributed by atoms with Crippen LogP contribution in [0.5, 0.6) is 0 Å². The molecule has 1 aromatic carbocycles. The van der Waals surface area contributed by atoms with Crippen molar-refractivity contribution < 1.29 is 28.2 Å². The predicted octanol–water partition coefficient (Wildman–Crippen LogP) is 3.83. The fourth-order valence-electron chi connectivity index (χ4n) is 3.26. The molecule has 0 spiro atoms. The number of hydrogen-bond donors (Lipinski definition) is 2. The van der Waals surface area contributed by atoms with Crippen LogP contribution in [0, 0.1) is 17.0 Å². The molecule has 0 heterocycles. The zero-order valence-electron chi connectivity index (χ0n) is 15.5. The monoisotopic (exact) mass is 369 g/mol. The van der Waals surface area contributed by atoms with Gasteiger partial charge in [0.05, 0.1) is 6.42 Å². The van der Waals surface area contributed by atoms with Gasteiger partial charge in [-0.1, -0.05) is 6.92 Å². The lowest BCUT2D eigenvalue weighted by atomic mass is 9.89. The SMILES string of the molecule is CCc1cc(F)c(F)cc1CC1(CC(=O)O)CC1NC(=O)OC(C)(C)C. The molecule has 2 atom stereocenters. The lowest BCUT2D eigenvalue weighted by Crippen LogP contribution is -2.36. The van der Waals surface area contributed by atoms with Gasteiger partial charge in [-0.25, -0.2) is 13.6 Å². The molecular formula is C19H25F2NO4. The minimum Gasteiger partial charge on any atom is -0.481 e. The Bertz CT molecular complexity index is 714. The lowest BCUT2D eigenvalue weighted by molar-refractivity contribution is -0.138. The van der Waals surface area contributed by atoms with E-state index in [2.05, 4.69) is 5.32 Å². The van der Waals surface area contributed by atoms with E-state index in [9.17, 15) is 23.5 Å². The maximum Gasteiger partial charge on any atom is 0.407 e. The lowest BCUT2D eigenvalue weighted by Gasteiger charge is -2.22. The quantitative estimate of drug-likeness (QED) is 0.799. The molecule has 5 nitrogen and oxygen atoms in total. The van der Waals surface area contributed by atoms with Crippen molar-refractivity contribution in [2.75, 3.05) is 0 Å². The van der Waals surface area contributed by atoms with Crippen LogP contribution in [0.15, 0.2) is 12.1 Å². The van der Waals surface area contributed by atoms with Crippen LogP contribution >= 0.6 is 0 Å². The van der Waals surface area contributed by atoms with Gasteiger partial charge in [-0.15, -0.1) is 0 Å². The van der Waals surface area contributed by atoms with Gasteiger partial charge >= 0.3 is 12.1 Å². The molecule has 0 radical (unpaired) electrons. The zero-order chi connectivity index (χ0) is 19.7. The van der Waals surface area contributed by atoms with E-state index in [4.69, 9.17) is 4.74 Å². The van der Waals surface area contributed by atoms with E-state index in [0.29, 0.717) is 24.0 Å². The van der Waals surface area contributed by atoms with Crippen molar-refractivity contribution in [3.63, 3.8) is 0 Å². The number of ether oxygens (including phenoxy) is 1. The van der Waals surface area contributed by atoms with E-state index >= 15 is 0 Å². The summed E-state index contributed by atoms with van der Waals surface area (Å²) in [5.74, 6) is -2.88. The summed E-state index contributed by atoms with van der Waals surface area (Å²) in [6.07, 6.45) is 0.409. The highest BCUT2D eigenvalue weighted by Crippen LogP contribution is 2.52. The molecular weight excluding hydrogens is 344 g/mol. The minimum atomic E-state index is -1.00. The van der Waals surface area contributed by atoms with E-state index in [-0.39, 0.29) is 18.9 Å². The molecule has 7 heteroatoms. The maximum atomic E-state index is 13.7. The van der Waals surface area contributed by atoms with Crippen molar-refractivity contribution in [2.45, 2.75) is 65.0 Å². The van der Waals surface area contributed by atoms with E-state index in [1.807, 2.05) is 6.92 Å². The van der Waals surface area contributed by atoms with Gasteiger partial charge in [0, 0.05) is 11.5 Å². The molecule has 1 aromatic rings. The second-order valence-corrected chi connectivity index (χ2v) is 7.90. The highest BCUT2D eigenvalue weighted by atomic mass is 19.2. The number of carboxylic acids is 1. The third-order valence-corrected chi connectivity index (χ3v) is 4.55. The molecule has 0 aliphatic heterocycles. The summed E-state index contributed by atoms with van der Waals surface area (Å²) >= 11 is 0. The van der Waals surface area contributed by atoms with E-state index in [0.717, 1.165) is 12.1 Å². The Balaban J connectivity index is 2.19. The zero-order valence-corrected chi connectivity index (χ0v) is 15.5. The van der Waals surface area contributed by atoms with Gasteiger partial charge in [0.25, 0.3) is 0 Å². The van der Waals surface area contributed by atoms with Gasteiger partial charge in [0.15, 0.2) is 11.6 Å². The molecule has 1 aliphatic carbocycles. The van der Waals surface area contributed by atoms with Crippen LogP contribution in [0.25, 0.3) is 0 Å². The Hall–Kier alpha value is -2.18. The van der Waals surface area contributed by atoms with Crippen molar-refractivity contribution in [3.8, 4) is 0 Å². The van der Waals surface area contributed by atoms with Gasteiger partial charge in [-0.2, -0.15) is 0 Å². The van der Waals surface area contributed by atoms with E-state index in [1.165, 1.54) is 0 Å². The van der Waals surface area contributed by atoms with Crippen LogP contribution in [-0.2, 0) is 22.4 Å². The number of benzene rings is 1. The van der Waals surface area contributed by atoms with Gasteiger partial charge in [-0.05, 0) is 63.3 Å². The number of hydrogen-bond acceptors (Lipinski definition) is 3. The van der Waals surface area contributed by atoms with Crippen LogP contribution in [-0.4, -0.2) is 28.8 Å². The summed E-state index contributed by atoms with van der Waals surface area (Å²) in [7, 11) is 0. The fraction of sp³-hybridized carbons (Fsp3) is 0.579. The molecule has 1 amide bonds. The van der Waals surface area contributed by atoms with Crippen LogP contribution in [0.1, 0.15) is 51.7 Å². The first-order chi connectivity index (χ1) is 12.0. The number of carbonyl (C=O) groups is 2. The van der Waals surface area contributed by atoms with Gasteiger partial charge in [0.1, 0.15) is 5.60 Å². The van der Waals surface area contributed by atoms with Crippen molar-refractivity contribution in [3.05, 3.63) is 34.9 Å². The molecule has 26 heavy (non-hydrogen) atoms. The second-order valence-electron chi connectivity index (χ2n) is 7.90. The van der Waals surface area contributed by atoms with Crippen molar-refractivity contribution in [1.29, 1.82) is 0 Å². The molecule has 0 bridgehead atoms. The highest BCUT2D eigenvalue weighted by Gasteiger charge is 2.56. The first-order valence-electron chi connectivity index (χ1n) is 8.64. The summed E-state index contributed by atoms with van der Waals surface area (Å²) < 4.78 is 32.3. The van der Waals surface area contributed by atoms with Crippen LogP contribution in [0.4, 0.5) is 13.6 Å². The minimum absolute atomic E-state index is 0.171. The molecule has 1 saturated carbocycles. The number of aryl methyl sites for hydroxylation is 1. The van der Waals surface area contributed by atoms with Gasteiger partial charge in [-0.3, -0.25) is 4.79 Å². The summed E-state index contributed by atoms with van der Waals surface area (Å²) in [5.41, 5.74) is -0.182. The molecule has 0 aromatic heterocycles. The number of carbonyl (C=O) groups excluding carboxylic acids is 1. The van der Waals surface area contributed by atoms with Crippen molar-refractivity contribution in [1.82, 2.24) is 5.32 Å². The molecule has 2 unspecified atom stereocenters. The number of halogens is 2. The average molecular weight is 369 g/mol. The molecule has 2 rings (SSSR count). The van der Waals surface area contributed by atoms with Crippen LogP contribution < -0.4 is 5.32 Å². The number of amides is 1. The largest absolute Gasteiger partial charge is 0.481 e. The third kappa shape index (κ3) is 4.93. The summed E-state index contributed by atoms with van der Waals surface area (Å²) in [6.45, 7) is 7.03. The molecule has 0 saturated heterocycles. The summed E-state index contributed by atoms with van der Waals surface area (Å²) in [4.78, 5) is 23.3. The highest BCUT2D eigenvalue weighted by molar-refractivity contribution is 5.71. The van der Waals surface area contributed by atoms with Gasteiger partial charge < -0.3 is 15.2 Å². The van der Waals surface area contributed by atoms with E-state index in [1.54, 1.807) is 20.8 Å². The third-order valence-electron chi connectivity index (χ3n) is 4.55. The number of alkyl carbamates (subject to hydrolysis) is 1. The molecule has 1 fully saturated rings. The Kier molecular flexibility index (Phi) is 5.58. The normalized spacial score (nSPS) is 22.0. The van der Waals surface area contributed by atoms with Crippen LogP contribution in [0.3, 0.4) is 0 Å². The smallest absolute Gasteiger partial charge is 0.407 e. The van der Waals surface area contributed by atoms with Gasteiger partial charge in [0.2, 0.25) is 0 Å². The van der Waals surface area contributed by atoms with Crippen molar-refractivity contribution in [2.24, 2.45) is 5.41 Å². The number of carboxylic acid groups (broad SMARTS) is 1. The van der Waals surface area contributed by atoms with Crippen LogP contribution in [0.2, 0.25) is 0 Å². The number of nitrogens with one attached hydrogen (secondary N) is 1. The standard InChI is InChI=1S/C19H25F2NO4/c1-5-11-6-13(20)14(21)7-12(11)8-19(10-16(23)24)9-15(19)22-17(25)26-18(2,3)4/h6-7,15H,5,8-10H2,1-4H3,(H,22,25)(H,23,24). The maximum absolute atomic E-state index is 13.7. The van der Waals surface area contributed by atoms with E-state index < -0.39 is 34.7 Å². The van der Waals surface area contributed by atoms with Crippen molar-refractivity contribution >= 4 is 12.1 Å². The Labute approximate surface area is 151 Å². The second kappa shape index (κ2) is 7.21. The molecule has 1 aliphatic rings. The Morgan fingerprint density at radius 1 is 1.27 bits per heavy atom.